The second-order valence-electron chi connectivity index (χ2n) is 9.02. The van der Waals surface area contributed by atoms with Gasteiger partial charge in [-0.2, -0.15) is 5.10 Å². The van der Waals surface area contributed by atoms with Crippen LogP contribution in [0, 0.1) is 30.1 Å². The van der Waals surface area contributed by atoms with Crippen molar-refractivity contribution in [3.8, 4) is 0 Å². The monoisotopic (exact) mass is 338 g/mol. The van der Waals surface area contributed by atoms with Crippen LogP contribution in [0.5, 0.6) is 0 Å². The van der Waals surface area contributed by atoms with Gasteiger partial charge in [0.2, 0.25) is 0 Å². The number of amides is 1. The van der Waals surface area contributed by atoms with Crippen molar-refractivity contribution in [2.45, 2.75) is 45.4 Å². The minimum atomic E-state index is 0.0887. The number of hydrogen-bond acceptors (Lipinski definition) is 3. The van der Waals surface area contributed by atoms with Crippen LogP contribution in [-0.2, 0) is 0 Å². The Hall–Kier alpha value is -1.91. The maximum absolute atomic E-state index is 13.0. The summed E-state index contributed by atoms with van der Waals surface area (Å²) in [7, 11) is 1.97. The average Bonchev–Trinajstić information content (AvgIpc) is 2.93. The predicted molar refractivity (Wildman–Crippen MR) is 96.2 cm³/mol. The topological polar surface area (TPSA) is 61.9 Å². The number of pyridine rings is 1. The van der Waals surface area contributed by atoms with Crippen LogP contribution < -0.4 is 0 Å². The number of aromatic nitrogens is 3. The largest absolute Gasteiger partial charge is 0.341 e. The van der Waals surface area contributed by atoms with E-state index in [2.05, 4.69) is 15.2 Å². The third-order valence-corrected chi connectivity index (χ3v) is 6.93. The van der Waals surface area contributed by atoms with Gasteiger partial charge in [-0.1, -0.05) is 0 Å². The summed E-state index contributed by atoms with van der Waals surface area (Å²) in [4.78, 5) is 19.3. The lowest BCUT2D eigenvalue weighted by atomic mass is 9.49. The van der Waals surface area contributed by atoms with Crippen LogP contribution in [0.15, 0.2) is 12.3 Å². The van der Waals surface area contributed by atoms with Gasteiger partial charge in [-0.25, -0.2) is 4.98 Å². The number of aryl methyl sites for hydroxylation is 1. The van der Waals surface area contributed by atoms with Gasteiger partial charge in [0, 0.05) is 30.9 Å². The fourth-order valence-electron chi connectivity index (χ4n) is 6.42. The third kappa shape index (κ3) is 2.47. The molecule has 0 saturated heterocycles. The number of nitrogens with one attached hydrogen (secondary N) is 1. The molecule has 4 fully saturated rings. The van der Waals surface area contributed by atoms with E-state index >= 15 is 0 Å². The van der Waals surface area contributed by atoms with Gasteiger partial charge in [-0.15, -0.1) is 0 Å². The van der Waals surface area contributed by atoms with Crippen LogP contribution in [0.1, 0.15) is 54.6 Å². The Morgan fingerprint density at radius 2 is 1.88 bits per heavy atom. The first-order chi connectivity index (χ1) is 12.0. The van der Waals surface area contributed by atoms with E-state index in [1.54, 1.807) is 6.20 Å². The molecular weight excluding hydrogens is 312 g/mol. The van der Waals surface area contributed by atoms with Gasteiger partial charge in [0.15, 0.2) is 5.65 Å². The molecule has 5 heteroatoms. The van der Waals surface area contributed by atoms with Crippen LogP contribution in [0.4, 0.5) is 0 Å². The molecule has 1 amide bonds. The molecule has 0 unspecified atom stereocenters. The van der Waals surface area contributed by atoms with E-state index in [-0.39, 0.29) is 5.91 Å². The molecule has 0 aromatic carbocycles. The molecule has 0 aliphatic heterocycles. The highest BCUT2D eigenvalue weighted by Gasteiger charge is 2.51. The Morgan fingerprint density at radius 3 is 2.52 bits per heavy atom. The van der Waals surface area contributed by atoms with Crippen LogP contribution in [0.2, 0.25) is 0 Å². The summed E-state index contributed by atoms with van der Waals surface area (Å²) in [6.45, 7) is 2.86. The van der Waals surface area contributed by atoms with Crippen molar-refractivity contribution >= 4 is 16.9 Å². The van der Waals surface area contributed by atoms with E-state index in [9.17, 15) is 4.79 Å². The lowest BCUT2D eigenvalue weighted by Crippen LogP contribution is -2.51. The molecule has 1 N–H and O–H groups in total. The average molecular weight is 338 g/mol. The van der Waals surface area contributed by atoms with Crippen molar-refractivity contribution in [2.75, 3.05) is 13.6 Å². The van der Waals surface area contributed by atoms with E-state index in [1.807, 2.05) is 24.9 Å². The van der Waals surface area contributed by atoms with Gasteiger partial charge in [-0.05, 0) is 74.7 Å². The molecule has 132 valence electrons. The van der Waals surface area contributed by atoms with Crippen LogP contribution in [-0.4, -0.2) is 39.6 Å². The maximum Gasteiger partial charge on any atom is 0.255 e. The Labute approximate surface area is 148 Å². The van der Waals surface area contributed by atoms with Crippen LogP contribution in [0.3, 0.4) is 0 Å². The molecule has 5 nitrogen and oxygen atoms in total. The van der Waals surface area contributed by atoms with E-state index in [0.717, 1.165) is 35.4 Å². The first-order valence-electron chi connectivity index (χ1n) is 9.57. The molecular formula is C20H26N4O. The van der Waals surface area contributed by atoms with Crippen molar-refractivity contribution in [1.29, 1.82) is 0 Å². The molecule has 0 radical (unpaired) electrons. The fourth-order valence-corrected chi connectivity index (χ4v) is 6.42. The van der Waals surface area contributed by atoms with Crippen molar-refractivity contribution in [1.82, 2.24) is 20.1 Å². The van der Waals surface area contributed by atoms with Crippen molar-refractivity contribution in [3.63, 3.8) is 0 Å². The van der Waals surface area contributed by atoms with Crippen molar-refractivity contribution in [3.05, 3.63) is 23.5 Å². The number of H-pyrrole nitrogens is 1. The normalized spacial score (nSPS) is 33.1. The first-order valence-corrected chi connectivity index (χ1v) is 9.57. The van der Waals surface area contributed by atoms with Crippen LogP contribution >= 0.6 is 0 Å². The summed E-state index contributed by atoms with van der Waals surface area (Å²) in [5, 5.41) is 8.03. The number of nitrogens with zero attached hydrogens (tertiary/aromatic N) is 3. The highest BCUT2D eigenvalue weighted by molar-refractivity contribution is 5.97. The summed E-state index contributed by atoms with van der Waals surface area (Å²) in [6, 6.07) is 1.93. The fraction of sp³-hybridized carbons (Fsp3) is 0.650. The highest BCUT2D eigenvalue weighted by atomic mass is 16.2. The lowest BCUT2D eigenvalue weighted by Gasteiger charge is -2.57. The summed E-state index contributed by atoms with van der Waals surface area (Å²) in [5.41, 5.74) is 2.69. The summed E-state index contributed by atoms with van der Waals surface area (Å²) in [5.74, 6) is 2.84. The number of carbonyl (C=O) groups excluding carboxylic acids is 1. The van der Waals surface area contributed by atoms with E-state index in [0.29, 0.717) is 16.6 Å². The Morgan fingerprint density at radius 1 is 1.24 bits per heavy atom. The zero-order valence-electron chi connectivity index (χ0n) is 15.1. The minimum absolute atomic E-state index is 0.0887. The smallest absolute Gasteiger partial charge is 0.255 e. The van der Waals surface area contributed by atoms with Crippen molar-refractivity contribution < 1.29 is 4.79 Å². The Balaban J connectivity index is 1.37. The zero-order chi connectivity index (χ0) is 17.2. The molecule has 25 heavy (non-hydrogen) atoms. The number of aromatic amines is 1. The number of rotatable bonds is 3. The number of hydrogen-bond donors (Lipinski definition) is 1. The van der Waals surface area contributed by atoms with Gasteiger partial charge in [0.05, 0.1) is 5.56 Å². The maximum atomic E-state index is 13.0. The second-order valence-corrected chi connectivity index (χ2v) is 9.02. The van der Waals surface area contributed by atoms with Gasteiger partial charge in [0.25, 0.3) is 5.91 Å². The molecule has 4 aliphatic rings. The molecule has 4 bridgehead atoms. The molecule has 2 aromatic heterocycles. The second kappa shape index (κ2) is 5.29. The molecule has 0 atom stereocenters. The van der Waals surface area contributed by atoms with Gasteiger partial charge in [-0.3, -0.25) is 9.89 Å². The van der Waals surface area contributed by atoms with E-state index < -0.39 is 0 Å². The molecule has 2 aromatic rings. The summed E-state index contributed by atoms with van der Waals surface area (Å²) < 4.78 is 0. The Bertz CT molecular complexity index is 804. The van der Waals surface area contributed by atoms with Crippen LogP contribution in [0.25, 0.3) is 11.0 Å². The standard InChI is InChI=1S/C20H26N4O/c1-12-17-6-16(10-21-18(17)23-22-12)19(25)24(2)11-20-7-13-3-14(8-20)5-15(4-13)9-20/h6,10,13-15H,3-5,7-9,11H2,1-2H3,(H,21,22,23). The molecule has 4 saturated carbocycles. The van der Waals surface area contributed by atoms with E-state index in [4.69, 9.17) is 0 Å². The SMILES string of the molecule is Cc1[nH]nc2ncc(C(=O)N(C)CC34CC5CC(CC(C5)C3)C4)cc12. The number of carbonyl (C=O) groups is 1. The highest BCUT2D eigenvalue weighted by Crippen LogP contribution is 2.60. The molecule has 2 heterocycles. The lowest BCUT2D eigenvalue weighted by molar-refractivity contribution is -0.0629. The zero-order valence-corrected chi connectivity index (χ0v) is 15.1. The minimum Gasteiger partial charge on any atom is -0.341 e. The predicted octanol–water partition coefficient (Wildman–Crippen LogP) is 3.55. The molecule has 0 spiro atoms. The van der Waals surface area contributed by atoms with Gasteiger partial charge >= 0.3 is 0 Å². The summed E-state index contributed by atoms with van der Waals surface area (Å²) in [6.07, 6.45) is 9.98. The quantitative estimate of drug-likeness (QED) is 0.931. The number of fused-ring (bicyclic) bond motifs is 1. The molecule has 6 rings (SSSR count). The van der Waals surface area contributed by atoms with Gasteiger partial charge < -0.3 is 4.90 Å². The van der Waals surface area contributed by atoms with E-state index in [1.165, 1.54) is 38.5 Å². The third-order valence-electron chi connectivity index (χ3n) is 6.93. The summed E-state index contributed by atoms with van der Waals surface area (Å²) >= 11 is 0. The first kappa shape index (κ1) is 15.4. The Kier molecular flexibility index (Phi) is 3.25. The van der Waals surface area contributed by atoms with Crippen molar-refractivity contribution in [2.24, 2.45) is 23.2 Å². The van der Waals surface area contributed by atoms with Gasteiger partial charge in [0.1, 0.15) is 0 Å². The molecule has 4 aliphatic carbocycles.